The Morgan fingerprint density at radius 3 is 2.71 bits per heavy atom. The van der Waals surface area contributed by atoms with E-state index >= 15 is 0 Å². The third-order valence-electron chi connectivity index (χ3n) is 2.96. The van der Waals surface area contributed by atoms with Crippen molar-refractivity contribution in [2.45, 2.75) is 13.3 Å². The van der Waals surface area contributed by atoms with Gasteiger partial charge >= 0.3 is 0 Å². The molecule has 0 unspecified atom stereocenters. The van der Waals surface area contributed by atoms with Gasteiger partial charge in [-0.3, -0.25) is 0 Å². The van der Waals surface area contributed by atoms with Crippen LogP contribution in [-0.4, -0.2) is 6.54 Å². The van der Waals surface area contributed by atoms with Crippen LogP contribution in [0.3, 0.4) is 0 Å². The van der Waals surface area contributed by atoms with E-state index in [1.54, 1.807) is 0 Å². The fourth-order valence-electron chi connectivity index (χ4n) is 2.11. The van der Waals surface area contributed by atoms with Crippen molar-refractivity contribution in [1.29, 1.82) is 0 Å². The maximum atomic E-state index is 3.44. The second-order valence-electron chi connectivity index (χ2n) is 4.24. The van der Waals surface area contributed by atoms with Gasteiger partial charge in [0.05, 0.1) is 0 Å². The SMILES string of the molecule is CCCNc1ccc2c(c1)sc1ccccc12. The molecule has 0 amide bonds. The Bertz CT molecular complexity index is 654. The Morgan fingerprint density at radius 1 is 1.00 bits per heavy atom. The fourth-order valence-corrected chi connectivity index (χ4v) is 3.25. The highest BCUT2D eigenvalue weighted by Crippen LogP contribution is 2.34. The van der Waals surface area contributed by atoms with Gasteiger partial charge in [0.15, 0.2) is 0 Å². The van der Waals surface area contributed by atoms with Gasteiger partial charge in [-0.15, -0.1) is 11.3 Å². The average molecular weight is 241 g/mol. The Hall–Kier alpha value is -1.54. The zero-order valence-corrected chi connectivity index (χ0v) is 10.7. The fraction of sp³-hybridized carbons (Fsp3) is 0.200. The van der Waals surface area contributed by atoms with Crippen molar-refractivity contribution in [1.82, 2.24) is 0 Å². The Labute approximate surface area is 105 Å². The summed E-state index contributed by atoms with van der Waals surface area (Å²) in [6, 6.07) is 15.3. The number of hydrogen-bond donors (Lipinski definition) is 1. The van der Waals surface area contributed by atoms with Crippen LogP contribution in [0.15, 0.2) is 42.5 Å². The summed E-state index contributed by atoms with van der Waals surface area (Å²) < 4.78 is 2.74. The number of benzene rings is 2. The van der Waals surface area contributed by atoms with Gasteiger partial charge < -0.3 is 5.32 Å². The summed E-state index contributed by atoms with van der Waals surface area (Å²) in [6.45, 7) is 3.22. The standard InChI is InChI=1S/C15H15NS/c1-2-9-16-11-7-8-13-12-5-3-4-6-14(12)17-15(13)10-11/h3-8,10,16H,2,9H2,1H3. The lowest BCUT2D eigenvalue weighted by atomic mass is 10.1. The molecular weight excluding hydrogens is 226 g/mol. The first kappa shape index (κ1) is 10.6. The molecule has 3 rings (SSSR count). The number of rotatable bonds is 3. The minimum absolute atomic E-state index is 1.04. The third-order valence-corrected chi connectivity index (χ3v) is 4.09. The van der Waals surface area contributed by atoms with Crippen molar-refractivity contribution in [2.75, 3.05) is 11.9 Å². The molecule has 0 saturated carbocycles. The van der Waals surface area contributed by atoms with Crippen LogP contribution >= 0.6 is 11.3 Å². The number of fused-ring (bicyclic) bond motifs is 3. The van der Waals surface area contributed by atoms with E-state index in [0.717, 1.165) is 13.0 Å². The zero-order chi connectivity index (χ0) is 11.7. The molecule has 0 radical (unpaired) electrons. The van der Waals surface area contributed by atoms with Crippen LogP contribution in [0.1, 0.15) is 13.3 Å². The van der Waals surface area contributed by atoms with Gasteiger partial charge in [0.25, 0.3) is 0 Å². The largest absolute Gasteiger partial charge is 0.385 e. The first-order valence-corrected chi connectivity index (χ1v) is 6.85. The van der Waals surface area contributed by atoms with E-state index < -0.39 is 0 Å². The van der Waals surface area contributed by atoms with Crippen molar-refractivity contribution < 1.29 is 0 Å². The molecule has 1 heterocycles. The van der Waals surface area contributed by atoms with Crippen LogP contribution < -0.4 is 5.32 Å². The molecule has 0 aliphatic rings. The molecule has 0 spiro atoms. The molecule has 2 heteroatoms. The molecule has 1 nitrogen and oxygen atoms in total. The second-order valence-corrected chi connectivity index (χ2v) is 5.32. The van der Waals surface area contributed by atoms with Crippen molar-refractivity contribution in [3.63, 3.8) is 0 Å². The summed E-state index contributed by atoms with van der Waals surface area (Å²) in [6.07, 6.45) is 1.16. The van der Waals surface area contributed by atoms with Crippen LogP contribution in [0.4, 0.5) is 5.69 Å². The number of hydrogen-bond acceptors (Lipinski definition) is 2. The van der Waals surface area contributed by atoms with Gasteiger partial charge in [-0.25, -0.2) is 0 Å². The van der Waals surface area contributed by atoms with E-state index in [-0.39, 0.29) is 0 Å². The molecule has 2 aromatic carbocycles. The minimum Gasteiger partial charge on any atom is -0.385 e. The number of anilines is 1. The zero-order valence-electron chi connectivity index (χ0n) is 9.86. The van der Waals surface area contributed by atoms with Crippen LogP contribution in [0.25, 0.3) is 20.2 Å². The molecule has 0 aliphatic heterocycles. The number of thiophene rings is 1. The van der Waals surface area contributed by atoms with E-state index in [2.05, 4.69) is 54.7 Å². The van der Waals surface area contributed by atoms with Gasteiger partial charge in [0.2, 0.25) is 0 Å². The molecule has 0 fully saturated rings. The summed E-state index contributed by atoms with van der Waals surface area (Å²) in [5, 5.41) is 6.18. The first-order valence-electron chi connectivity index (χ1n) is 6.03. The van der Waals surface area contributed by atoms with Crippen LogP contribution in [0.2, 0.25) is 0 Å². The Balaban J connectivity index is 2.13. The highest BCUT2D eigenvalue weighted by Gasteiger charge is 2.04. The quantitative estimate of drug-likeness (QED) is 0.689. The highest BCUT2D eigenvalue weighted by molar-refractivity contribution is 7.25. The van der Waals surface area contributed by atoms with Crippen LogP contribution in [0, 0.1) is 0 Å². The molecule has 0 atom stereocenters. The molecule has 3 aromatic rings. The minimum atomic E-state index is 1.04. The molecule has 1 N–H and O–H groups in total. The predicted octanol–water partition coefficient (Wildman–Crippen LogP) is 4.88. The molecule has 0 aliphatic carbocycles. The lowest BCUT2D eigenvalue weighted by Gasteiger charge is -2.03. The van der Waals surface area contributed by atoms with E-state index in [9.17, 15) is 0 Å². The molecule has 17 heavy (non-hydrogen) atoms. The molecule has 0 saturated heterocycles. The molecule has 86 valence electrons. The van der Waals surface area contributed by atoms with Gasteiger partial charge in [-0.2, -0.15) is 0 Å². The van der Waals surface area contributed by atoms with Crippen molar-refractivity contribution in [3.05, 3.63) is 42.5 Å². The number of nitrogens with one attached hydrogen (secondary N) is 1. The average Bonchev–Trinajstić information content (AvgIpc) is 2.74. The summed E-state index contributed by atoms with van der Waals surface area (Å²) in [7, 11) is 0. The lowest BCUT2D eigenvalue weighted by Crippen LogP contribution is -1.98. The molecular formula is C15H15NS. The van der Waals surface area contributed by atoms with Crippen LogP contribution in [0.5, 0.6) is 0 Å². The Morgan fingerprint density at radius 2 is 1.82 bits per heavy atom. The van der Waals surface area contributed by atoms with Gasteiger partial charge in [-0.1, -0.05) is 31.2 Å². The van der Waals surface area contributed by atoms with Crippen molar-refractivity contribution in [2.24, 2.45) is 0 Å². The first-order chi connectivity index (χ1) is 8.38. The maximum absolute atomic E-state index is 3.44. The van der Waals surface area contributed by atoms with Gasteiger partial charge in [-0.05, 0) is 24.6 Å². The lowest BCUT2D eigenvalue weighted by molar-refractivity contribution is 0.980. The van der Waals surface area contributed by atoms with E-state index in [1.807, 2.05) is 11.3 Å². The summed E-state index contributed by atoms with van der Waals surface area (Å²) in [5.74, 6) is 0. The summed E-state index contributed by atoms with van der Waals surface area (Å²) in [5.41, 5.74) is 1.23. The van der Waals surface area contributed by atoms with Gasteiger partial charge in [0.1, 0.15) is 0 Å². The predicted molar refractivity (Wildman–Crippen MR) is 78.1 cm³/mol. The molecule has 0 bridgehead atoms. The van der Waals surface area contributed by atoms with E-state index in [1.165, 1.54) is 25.9 Å². The van der Waals surface area contributed by atoms with Gasteiger partial charge in [0, 0.05) is 32.4 Å². The van der Waals surface area contributed by atoms with Crippen LogP contribution in [-0.2, 0) is 0 Å². The van der Waals surface area contributed by atoms with Crippen molar-refractivity contribution in [3.8, 4) is 0 Å². The smallest absolute Gasteiger partial charge is 0.0375 e. The topological polar surface area (TPSA) is 12.0 Å². The maximum Gasteiger partial charge on any atom is 0.0375 e. The third kappa shape index (κ3) is 1.89. The summed E-state index contributed by atoms with van der Waals surface area (Å²) >= 11 is 1.87. The van der Waals surface area contributed by atoms with E-state index in [4.69, 9.17) is 0 Å². The highest BCUT2D eigenvalue weighted by atomic mass is 32.1. The molecule has 1 aromatic heterocycles. The normalized spacial score (nSPS) is 11.1. The monoisotopic (exact) mass is 241 g/mol. The van der Waals surface area contributed by atoms with E-state index in [0.29, 0.717) is 0 Å². The second kappa shape index (κ2) is 4.38. The Kier molecular flexibility index (Phi) is 2.73. The summed E-state index contributed by atoms with van der Waals surface area (Å²) in [4.78, 5) is 0. The van der Waals surface area contributed by atoms with Crippen molar-refractivity contribution >= 4 is 37.2 Å².